The summed E-state index contributed by atoms with van der Waals surface area (Å²) in [6, 6.07) is 7.86. The molecule has 0 aromatic heterocycles. The normalized spacial score (nSPS) is 11.5. The second kappa shape index (κ2) is 6.62. The van der Waals surface area contributed by atoms with Crippen LogP contribution >= 0.6 is 0 Å². The third kappa shape index (κ3) is 5.20. The molecule has 0 radical (unpaired) electrons. The summed E-state index contributed by atoms with van der Waals surface area (Å²) in [5.41, 5.74) is 6.92. The summed E-state index contributed by atoms with van der Waals surface area (Å²) in [4.78, 5) is 0. The molecule has 3 nitrogen and oxygen atoms in total. The molecule has 1 rings (SSSR count). The van der Waals surface area contributed by atoms with Gasteiger partial charge in [-0.15, -0.1) is 0 Å². The smallest absolute Gasteiger partial charge is 0.119 e. The topological polar surface area (TPSA) is 55.5 Å². The van der Waals surface area contributed by atoms with Gasteiger partial charge in [-0.25, -0.2) is 0 Å². The van der Waals surface area contributed by atoms with Gasteiger partial charge in [0, 0.05) is 6.61 Å². The molecule has 0 saturated carbocycles. The second-order valence-corrected chi connectivity index (χ2v) is 5.08. The van der Waals surface area contributed by atoms with Crippen LogP contribution in [0.5, 0.6) is 5.75 Å². The van der Waals surface area contributed by atoms with E-state index in [9.17, 15) is 0 Å². The molecular formula is C14H23NO2. The Labute approximate surface area is 104 Å². The fourth-order valence-electron chi connectivity index (χ4n) is 1.43. The molecule has 0 aliphatic heterocycles. The molecule has 0 atom stereocenters. The number of hydrogen-bond acceptors (Lipinski definition) is 3. The Morgan fingerprint density at radius 1 is 1.24 bits per heavy atom. The Balaban J connectivity index is 2.37. The van der Waals surface area contributed by atoms with E-state index in [2.05, 4.69) is 13.8 Å². The number of nitrogens with two attached hydrogens (primary N) is 1. The van der Waals surface area contributed by atoms with Crippen LogP contribution in [0.15, 0.2) is 24.3 Å². The summed E-state index contributed by atoms with van der Waals surface area (Å²) >= 11 is 0. The molecule has 0 saturated heterocycles. The van der Waals surface area contributed by atoms with Crippen molar-refractivity contribution in [3.63, 3.8) is 0 Å². The lowest BCUT2D eigenvalue weighted by Crippen LogP contribution is -2.25. The summed E-state index contributed by atoms with van der Waals surface area (Å²) in [5.74, 6) is 0.875. The van der Waals surface area contributed by atoms with E-state index in [0.717, 1.165) is 17.7 Å². The highest BCUT2D eigenvalue weighted by atomic mass is 16.5. The highest BCUT2D eigenvalue weighted by Gasteiger charge is 2.15. The van der Waals surface area contributed by atoms with Gasteiger partial charge >= 0.3 is 0 Å². The lowest BCUT2D eigenvalue weighted by Gasteiger charge is -2.22. The number of benzene rings is 1. The molecule has 1 aromatic carbocycles. The van der Waals surface area contributed by atoms with E-state index in [1.165, 1.54) is 0 Å². The molecule has 3 heteroatoms. The molecule has 0 fully saturated rings. The molecule has 0 bridgehead atoms. The molecule has 0 spiro atoms. The van der Waals surface area contributed by atoms with E-state index in [0.29, 0.717) is 19.6 Å². The van der Waals surface area contributed by atoms with Gasteiger partial charge in [-0.3, -0.25) is 0 Å². The van der Waals surface area contributed by atoms with Crippen LogP contribution in [0.4, 0.5) is 0 Å². The Kier molecular flexibility index (Phi) is 5.45. The molecule has 0 unspecified atom stereocenters. The maximum Gasteiger partial charge on any atom is 0.119 e. The highest BCUT2D eigenvalue weighted by Crippen LogP contribution is 2.19. The molecule has 1 aromatic rings. The first-order valence-corrected chi connectivity index (χ1v) is 6.10. The van der Waals surface area contributed by atoms with Crippen LogP contribution in [-0.2, 0) is 6.42 Å². The number of ether oxygens (including phenoxy) is 1. The molecule has 0 heterocycles. The van der Waals surface area contributed by atoms with Crippen LogP contribution < -0.4 is 10.5 Å². The fraction of sp³-hybridized carbons (Fsp3) is 0.571. The highest BCUT2D eigenvalue weighted by molar-refractivity contribution is 5.27. The minimum atomic E-state index is 0.136. The van der Waals surface area contributed by atoms with E-state index < -0.39 is 0 Å². The second-order valence-electron chi connectivity index (χ2n) is 5.08. The van der Waals surface area contributed by atoms with Crippen molar-refractivity contribution >= 4 is 0 Å². The molecule has 3 N–H and O–H groups in total. The first kappa shape index (κ1) is 14.0. The minimum absolute atomic E-state index is 0.136. The monoisotopic (exact) mass is 237 g/mol. The lowest BCUT2D eigenvalue weighted by molar-refractivity contribution is 0.233. The Bertz CT molecular complexity index is 319. The van der Waals surface area contributed by atoms with Crippen LogP contribution in [0.25, 0.3) is 0 Å². The average molecular weight is 237 g/mol. The SMILES string of the molecule is CC(C)(CN)CCOc1ccc(CCO)cc1. The van der Waals surface area contributed by atoms with Gasteiger partial charge in [-0.1, -0.05) is 26.0 Å². The van der Waals surface area contributed by atoms with E-state index in [4.69, 9.17) is 15.6 Å². The van der Waals surface area contributed by atoms with Crippen molar-refractivity contribution in [2.24, 2.45) is 11.1 Å². The van der Waals surface area contributed by atoms with Crippen molar-refractivity contribution in [2.45, 2.75) is 26.7 Å². The lowest BCUT2D eigenvalue weighted by atomic mass is 9.90. The van der Waals surface area contributed by atoms with Crippen molar-refractivity contribution in [1.82, 2.24) is 0 Å². The molecule has 0 amide bonds. The third-order valence-electron chi connectivity index (χ3n) is 2.92. The van der Waals surface area contributed by atoms with Gasteiger partial charge in [0.05, 0.1) is 6.61 Å². The van der Waals surface area contributed by atoms with Crippen molar-refractivity contribution in [3.8, 4) is 5.75 Å². The van der Waals surface area contributed by atoms with Crippen LogP contribution in [0.2, 0.25) is 0 Å². The molecule has 17 heavy (non-hydrogen) atoms. The van der Waals surface area contributed by atoms with Crippen LogP contribution in [0, 0.1) is 5.41 Å². The minimum Gasteiger partial charge on any atom is -0.494 e. The number of rotatable bonds is 7. The maximum atomic E-state index is 8.80. The van der Waals surface area contributed by atoms with E-state index in [1.54, 1.807) is 0 Å². The maximum absolute atomic E-state index is 8.80. The van der Waals surface area contributed by atoms with Gasteiger partial charge in [0.25, 0.3) is 0 Å². The van der Waals surface area contributed by atoms with Gasteiger partial charge in [-0.2, -0.15) is 0 Å². The van der Waals surface area contributed by atoms with Crippen molar-refractivity contribution < 1.29 is 9.84 Å². The van der Waals surface area contributed by atoms with Gasteiger partial charge in [-0.05, 0) is 42.5 Å². The van der Waals surface area contributed by atoms with E-state index in [-0.39, 0.29) is 12.0 Å². The third-order valence-corrected chi connectivity index (χ3v) is 2.92. The zero-order valence-electron chi connectivity index (χ0n) is 10.8. The Morgan fingerprint density at radius 3 is 2.41 bits per heavy atom. The average Bonchev–Trinajstić information content (AvgIpc) is 2.32. The van der Waals surface area contributed by atoms with Crippen LogP contribution in [0.3, 0.4) is 0 Å². The first-order valence-electron chi connectivity index (χ1n) is 6.10. The van der Waals surface area contributed by atoms with Crippen molar-refractivity contribution in [1.29, 1.82) is 0 Å². The standard InChI is InChI=1S/C14H23NO2/c1-14(2,11-15)8-10-17-13-5-3-12(4-6-13)7-9-16/h3-6,16H,7-11,15H2,1-2H3. The Morgan fingerprint density at radius 2 is 1.88 bits per heavy atom. The predicted molar refractivity (Wildman–Crippen MR) is 70.2 cm³/mol. The predicted octanol–water partition coefficient (Wildman–Crippen LogP) is 1.98. The van der Waals surface area contributed by atoms with Gasteiger partial charge in [0.1, 0.15) is 5.75 Å². The van der Waals surface area contributed by atoms with Crippen LogP contribution in [-0.4, -0.2) is 24.9 Å². The summed E-state index contributed by atoms with van der Waals surface area (Å²) in [6.45, 7) is 5.82. The first-order chi connectivity index (χ1) is 8.07. The quantitative estimate of drug-likeness (QED) is 0.762. The van der Waals surface area contributed by atoms with Crippen molar-refractivity contribution in [3.05, 3.63) is 29.8 Å². The number of aliphatic hydroxyl groups excluding tert-OH is 1. The van der Waals surface area contributed by atoms with Crippen molar-refractivity contribution in [2.75, 3.05) is 19.8 Å². The number of hydrogen-bond donors (Lipinski definition) is 2. The largest absolute Gasteiger partial charge is 0.494 e. The number of aliphatic hydroxyl groups is 1. The van der Waals surface area contributed by atoms with Gasteiger partial charge in [0.2, 0.25) is 0 Å². The summed E-state index contributed by atoms with van der Waals surface area (Å²) < 4.78 is 5.66. The molecule has 96 valence electrons. The Hall–Kier alpha value is -1.06. The van der Waals surface area contributed by atoms with Gasteiger partial charge < -0.3 is 15.6 Å². The molecule has 0 aliphatic carbocycles. The summed E-state index contributed by atoms with van der Waals surface area (Å²) in [5, 5.41) is 8.80. The zero-order valence-corrected chi connectivity index (χ0v) is 10.8. The molecule has 0 aliphatic rings. The molecular weight excluding hydrogens is 214 g/mol. The van der Waals surface area contributed by atoms with E-state index in [1.807, 2.05) is 24.3 Å². The summed E-state index contributed by atoms with van der Waals surface area (Å²) in [7, 11) is 0. The summed E-state index contributed by atoms with van der Waals surface area (Å²) in [6.07, 6.45) is 1.64. The zero-order chi connectivity index (χ0) is 12.7. The van der Waals surface area contributed by atoms with Crippen LogP contribution in [0.1, 0.15) is 25.8 Å². The van der Waals surface area contributed by atoms with E-state index >= 15 is 0 Å². The fourth-order valence-corrected chi connectivity index (χ4v) is 1.43. The van der Waals surface area contributed by atoms with Gasteiger partial charge in [0.15, 0.2) is 0 Å².